The molecule has 11 heteroatoms. The van der Waals surface area contributed by atoms with E-state index < -0.39 is 15.4 Å². The average molecular weight is 586 g/mol. The number of hydrogen-bond acceptors (Lipinski definition) is 5. The second-order valence-corrected chi connectivity index (χ2v) is 12.2. The molecule has 1 amide bonds. The lowest BCUT2D eigenvalue weighted by Gasteiger charge is -2.26. The largest absolute Gasteiger partial charge is 0.320 e. The van der Waals surface area contributed by atoms with Crippen molar-refractivity contribution in [3.05, 3.63) is 68.7 Å². The van der Waals surface area contributed by atoms with E-state index in [4.69, 9.17) is 23.2 Å². The van der Waals surface area contributed by atoms with E-state index in [0.29, 0.717) is 28.7 Å². The summed E-state index contributed by atoms with van der Waals surface area (Å²) in [7, 11) is -1.94. The van der Waals surface area contributed by atoms with Crippen LogP contribution in [0.25, 0.3) is 0 Å². The van der Waals surface area contributed by atoms with Gasteiger partial charge in [0.2, 0.25) is 5.95 Å². The predicted octanol–water partition coefficient (Wildman–Crippen LogP) is 4.97. The van der Waals surface area contributed by atoms with Crippen LogP contribution >= 0.6 is 39.1 Å². The molecule has 180 valence electrons. The first-order valence-electron chi connectivity index (χ1n) is 10.6. The zero-order valence-corrected chi connectivity index (χ0v) is 22.5. The molecule has 1 atom stereocenters. The molecule has 0 radical (unpaired) electrons. The maximum atomic E-state index is 13.9. The molecular formula is C23H23BrCl2N4O3S. The summed E-state index contributed by atoms with van der Waals surface area (Å²) in [4.78, 5) is 19.7. The molecule has 7 nitrogen and oxygen atoms in total. The van der Waals surface area contributed by atoms with Crippen molar-refractivity contribution in [3.8, 4) is 0 Å². The minimum atomic E-state index is -3.71. The normalized spacial score (nSPS) is 17.9. The van der Waals surface area contributed by atoms with E-state index in [1.807, 2.05) is 24.3 Å². The van der Waals surface area contributed by atoms with Crippen molar-refractivity contribution < 1.29 is 13.2 Å². The fourth-order valence-electron chi connectivity index (χ4n) is 4.19. The second kappa shape index (κ2) is 9.62. The number of nitrogens with zero attached hydrogens (tertiary/aromatic N) is 3. The molecule has 1 N–H and O–H groups in total. The summed E-state index contributed by atoms with van der Waals surface area (Å²) in [5.41, 5.74) is 0.0658. The van der Waals surface area contributed by atoms with Gasteiger partial charge in [-0.1, -0.05) is 51.3 Å². The lowest BCUT2D eigenvalue weighted by Crippen LogP contribution is -2.42. The number of rotatable bonds is 8. The summed E-state index contributed by atoms with van der Waals surface area (Å²) in [6.45, 7) is 2.30. The van der Waals surface area contributed by atoms with E-state index in [1.165, 1.54) is 11.1 Å². The van der Waals surface area contributed by atoms with Crippen molar-refractivity contribution >= 4 is 66.5 Å². The molecule has 1 aliphatic heterocycles. The lowest BCUT2D eigenvalue weighted by molar-refractivity contribution is -0.124. The summed E-state index contributed by atoms with van der Waals surface area (Å²) in [6, 6.07) is 12.4. The zero-order valence-electron chi connectivity index (χ0n) is 18.6. The number of fused-ring (bicyclic) bond motifs is 1. The van der Waals surface area contributed by atoms with Crippen molar-refractivity contribution in [2.45, 2.75) is 30.3 Å². The van der Waals surface area contributed by atoms with Crippen LogP contribution in [-0.4, -0.2) is 43.2 Å². The number of halogens is 3. The molecule has 34 heavy (non-hydrogen) atoms. The van der Waals surface area contributed by atoms with Crippen LogP contribution in [0.1, 0.15) is 18.9 Å². The Morgan fingerprint density at radius 3 is 2.38 bits per heavy atom. The zero-order chi connectivity index (χ0) is 24.7. The first-order valence-corrected chi connectivity index (χ1v) is 13.8. The highest BCUT2D eigenvalue weighted by molar-refractivity contribution is 9.10. The standard InChI is InChI=1S/C23H23BrCl2N4O3S/c1-23(13-15-4-6-16(24)7-5-15)21(31)29(19-11-17(25)10-18(26)12-19)22-28-14-20(30(22)23)34(32,33)9-3-8-27-2/h4-7,10-12,14,27H,3,8-9,13H2,1-2H3. The summed E-state index contributed by atoms with van der Waals surface area (Å²) < 4.78 is 29.1. The van der Waals surface area contributed by atoms with Crippen LogP contribution < -0.4 is 10.2 Å². The Hall–Kier alpha value is -1.91. The number of carbonyl (C=O) groups excluding carboxylic acids is 1. The van der Waals surface area contributed by atoms with Gasteiger partial charge >= 0.3 is 0 Å². The van der Waals surface area contributed by atoms with Gasteiger partial charge in [0.1, 0.15) is 5.54 Å². The molecular weight excluding hydrogens is 563 g/mol. The summed E-state index contributed by atoms with van der Waals surface area (Å²) in [5.74, 6) is -0.163. The van der Waals surface area contributed by atoms with E-state index in [2.05, 4.69) is 26.2 Å². The lowest BCUT2D eigenvalue weighted by atomic mass is 9.92. The molecule has 0 fully saturated rings. The Bertz CT molecular complexity index is 1320. The molecule has 4 rings (SSSR count). The number of amides is 1. The number of imidazole rings is 1. The van der Waals surface area contributed by atoms with E-state index >= 15 is 0 Å². The van der Waals surface area contributed by atoms with Gasteiger partial charge < -0.3 is 5.32 Å². The summed E-state index contributed by atoms with van der Waals surface area (Å²) >= 11 is 15.8. The molecule has 3 aromatic rings. The number of nitrogens with one attached hydrogen (secondary N) is 1. The Labute approximate surface area is 217 Å². The number of anilines is 2. The van der Waals surface area contributed by atoms with Gasteiger partial charge in [0.25, 0.3) is 5.91 Å². The van der Waals surface area contributed by atoms with Gasteiger partial charge in [-0.3, -0.25) is 9.36 Å². The molecule has 0 spiro atoms. The van der Waals surface area contributed by atoms with Gasteiger partial charge in [0, 0.05) is 20.9 Å². The van der Waals surface area contributed by atoms with Crippen LogP contribution in [0, 0.1) is 0 Å². The van der Waals surface area contributed by atoms with Gasteiger partial charge in [-0.15, -0.1) is 0 Å². The maximum Gasteiger partial charge on any atom is 0.260 e. The first kappa shape index (κ1) is 25.2. The van der Waals surface area contributed by atoms with E-state index in [0.717, 1.165) is 10.0 Å². The third kappa shape index (κ3) is 4.64. The maximum absolute atomic E-state index is 13.9. The number of aromatic nitrogens is 2. The third-order valence-electron chi connectivity index (χ3n) is 5.79. The summed E-state index contributed by atoms with van der Waals surface area (Å²) in [6.07, 6.45) is 2.03. The first-order chi connectivity index (χ1) is 16.1. The fraction of sp³-hybridized carbons (Fsp3) is 0.304. The monoisotopic (exact) mass is 584 g/mol. The average Bonchev–Trinajstić information content (AvgIpc) is 3.28. The highest BCUT2D eigenvalue weighted by Crippen LogP contribution is 2.44. The fourth-order valence-corrected chi connectivity index (χ4v) is 6.48. The molecule has 2 heterocycles. The van der Waals surface area contributed by atoms with Gasteiger partial charge in [0.05, 0.1) is 17.6 Å². The Kier molecular flexibility index (Phi) is 7.13. The highest BCUT2D eigenvalue weighted by Gasteiger charge is 2.51. The minimum Gasteiger partial charge on any atom is -0.320 e. The molecule has 0 saturated heterocycles. The smallest absolute Gasteiger partial charge is 0.260 e. The minimum absolute atomic E-state index is 0.0159. The van der Waals surface area contributed by atoms with Crippen molar-refractivity contribution in [2.24, 2.45) is 0 Å². The van der Waals surface area contributed by atoms with E-state index in [-0.39, 0.29) is 29.1 Å². The topological polar surface area (TPSA) is 84.3 Å². The Morgan fingerprint density at radius 2 is 1.76 bits per heavy atom. The van der Waals surface area contributed by atoms with Crippen molar-refractivity contribution in [1.82, 2.24) is 14.9 Å². The number of carbonyl (C=O) groups is 1. The van der Waals surface area contributed by atoms with Crippen LogP contribution in [-0.2, 0) is 26.6 Å². The molecule has 2 aromatic carbocycles. The van der Waals surface area contributed by atoms with Crippen molar-refractivity contribution in [3.63, 3.8) is 0 Å². The molecule has 1 aliphatic rings. The van der Waals surface area contributed by atoms with Crippen LogP contribution in [0.2, 0.25) is 10.0 Å². The second-order valence-electron chi connectivity index (χ2n) is 8.35. The molecule has 0 saturated carbocycles. The van der Waals surface area contributed by atoms with Crippen LogP contribution in [0.3, 0.4) is 0 Å². The van der Waals surface area contributed by atoms with E-state index in [9.17, 15) is 13.2 Å². The van der Waals surface area contributed by atoms with Gasteiger partial charge in [0.15, 0.2) is 14.9 Å². The highest BCUT2D eigenvalue weighted by atomic mass is 79.9. The summed E-state index contributed by atoms with van der Waals surface area (Å²) in [5, 5.41) is 3.69. The van der Waals surface area contributed by atoms with Gasteiger partial charge in [-0.2, -0.15) is 0 Å². The molecule has 0 aliphatic carbocycles. The molecule has 1 unspecified atom stereocenters. The van der Waals surface area contributed by atoms with Crippen LogP contribution in [0.5, 0.6) is 0 Å². The number of benzene rings is 2. The Balaban J connectivity index is 1.87. The SMILES string of the molecule is CNCCCS(=O)(=O)c1cnc2n1C(C)(Cc1ccc(Br)cc1)C(=O)N2c1cc(Cl)cc(Cl)c1. The van der Waals surface area contributed by atoms with Crippen LogP contribution in [0.15, 0.2) is 58.2 Å². The quantitative estimate of drug-likeness (QED) is 0.377. The van der Waals surface area contributed by atoms with Crippen molar-refractivity contribution in [2.75, 3.05) is 24.2 Å². The van der Waals surface area contributed by atoms with Crippen molar-refractivity contribution in [1.29, 1.82) is 0 Å². The van der Waals surface area contributed by atoms with Crippen LogP contribution in [0.4, 0.5) is 11.6 Å². The molecule has 1 aromatic heterocycles. The third-order valence-corrected chi connectivity index (χ3v) is 8.51. The molecule has 0 bridgehead atoms. The number of hydrogen-bond donors (Lipinski definition) is 1. The predicted molar refractivity (Wildman–Crippen MR) is 138 cm³/mol. The number of sulfone groups is 1. The van der Waals surface area contributed by atoms with Gasteiger partial charge in [-0.05, 0) is 62.8 Å². The Morgan fingerprint density at radius 1 is 1.12 bits per heavy atom. The van der Waals surface area contributed by atoms with E-state index in [1.54, 1.807) is 36.7 Å². The van der Waals surface area contributed by atoms with Gasteiger partial charge in [-0.25, -0.2) is 18.3 Å².